The fourth-order valence-corrected chi connectivity index (χ4v) is 2.35. The molecule has 0 aliphatic carbocycles. The van der Waals surface area contributed by atoms with Crippen LogP contribution in [-0.4, -0.2) is 38.5 Å². The topological polar surface area (TPSA) is 68.8 Å². The Hall–Kier alpha value is -1.95. The van der Waals surface area contributed by atoms with Gasteiger partial charge >= 0.3 is 6.03 Å². The van der Waals surface area contributed by atoms with Gasteiger partial charge in [0.1, 0.15) is 13.2 Å². The molecule has 6 nitrogen and oxygen atoms in total. The number of carbonyl (C=O) groups is 1. The Morgan fingerprint density at radius 3 is 3.00 bits per heavy atom. The average molecular weight is 278 g/mol. The molecule has 6 heteroatoms. The quantitative estimate of drug-likeness (QED) is 0.884. The van der Waals surface area contributed by atoms with Gasteiger partial charge in [-0.1, -0.05) is 6.07 Å². The predicted molar refractivity (Wildman–Crippen MR) is 73.4 cm³/mol. The first-order chi connectivity index (χ1) is 9.83. The summed E-state index contributed by atoms with van der Waals surface area (Å²) in [6, 6.07) is 5.18. The lowest BCUT2D eigenvalue weighted by Gasteiger charge is -2.21. The Morgan fingerprint density at radius 2 is 2.15 bits per heavy atom. The van der Waals surface area contributed by atoms with E-state index in [1.165, 1.54) is 0 Å². The number of fused-ring (bicyclic) bond motifs is 1. The molecule has 3 rings (SSSR count). The second kappa shape index (κ2) is 6.00. The van der Waals surface area contributed by atoms with Crippen LogP contribution in [0.15, 0.2) is 18.2 Å². The Balaban J connectivity index is 1.58. The molecule has 2 amide bonds. The van der Waals surface area contributed by atoms with Crippen LogP contribution in [0.3, 0.4) is 0 Å². The molecule has 2 aliphatic rings. The summed E-state index contributed by atoms with van der Waals surface area (Å²) in [7, 11) is 0. The SMILES string of the molecule is O=C(NCC1CCCO1)Nc1cccc2c1OCCO2. The lowest BCUT2D eigenvalue weighted by molar-refractivity contribution is 0.112. The zero-order valence-electron chi connectivity index (χ0n) is 11.2. The van der Waals surface area contributed by atoms with E-state index in [1.54, 1.807) is 6.07 Å². The largest absolute Gasteiger partial charge is 0.486 e. The van der Waals surface area contributed by atoms with Crippen molar-refractivity contribution < 1.29 is 19.0 Å². The van der Waals surface area contributed by atoms with E-state index in [4.69, 9.17) is 14.2 Å². The Kier molecular flexibility index (Phi) is 3.92. The van der Waals surface area contributed by atoms with E-state index in [9.17, 15) is 4.79 Å². The van der Waals surface area contributed by atoms with E-state index in [-0.39, 0.29) is 12.1 Å². The van der Waals surface area contributed by atoms with Gasteiger partial charge in [0.2, 0.25) is 0 Å². The summed E-state index contributed by atoms with van der Waals surface area (Å²) in [5.41, 5.74) is 0.618. The standard InChI is InChI=1S/C14H18N2O4/c17-14(15-9-10-3-2-6-18-10)16-11-4-1-5-12-13(11)20-8-7-19-12/h1,4-5,10H,2-3,6-9H2,(H2,15,16,17). The Bertz CT molecular complexity index is 486. The second-order valence-electron chi connectivity index (χ2n) is 4.80. The fraction of sp³-hybridized carbons (Fsp3) is 0.500. The number of amides is 2. The number of benzene rings is 1. The highest BCUT2D eigenvalue weighted by Gasteiger charge is 2.19. The third kappa shape index (κ3) is 2.96. The van der Waals surface area contributed by atoms with E-state index in [0.29, 0.717) is 36.9 Å². The summed E-state index contributed by atoms with van der Waals surface area (Å²) in [5.74, 6) is 1.25. The highest BCUT2D eigenvalue weighted by molar-refractivity contribution is 5.91. The number of hydrogen-bond donors (Lipinski definition) is 2. The predicted octanol–water partition coefficient (Wildman–Crippen LogP) is 1.76. The molecule has 2 N–H and O–H groups in total. The zero-order chi connectivity index (χ0) is 13.8. The summed E-state index contributed by atoms with van der Waals surface area (Å²) in [4.78, 5) is 11.9. The van der Waals surface area contributed by atoms with Gasteiger partial charge in [0.25, 0.3) is 0 Å². The van der Waals surface area contributed by atoms with E-state index in [2.05, 4.69) is 10.6 Å². The molecule has 0 radical (unpaired) electrons. The van der Waals surface area contributed by atoms with Crippen LogP contribution < -0.4 is 20.1 Å². The number of nitrogens with one attached hydrogen (secondary N) is 2. The number of hydrogen-bond acceptors (Lipinski definition) is 4. The van der Waals surface area contributed by atoms with Gasteiger partial charge in [-0.3, -0.25) is 0 Å². The third-order valence-corrected chi connectivity index (χ3v) is 3.33. The Morgan fingerprint density at radius 1 is 1.25 bits per heavy atom. The van der Waals surface area contributed by atoms with E-state index in [1.807, 2.05) is 12.1 Å². The van der Waals surface area contributed by atoms with Crippen molar-refractivity contribution in [2.75, 3.05) is 31.7 Å². The molecule has 1 aromatic carbocycles. The summed E-state index contributed by atoms with van der Waals surface area (Å²) >= 11 is 0. The van der Waals surface area contributed by atoms with Crippen LogP contribution >= 0.6 is 0 Å². The van der Waals surface area contributed by atoms with Crippen LogP contribution in [0.2, 0.25) is 0 Å². The summed E-state index contributed by atoms with van der Waals surface area (Å²) in [5, 5.41) is 5.59. The maximum Gasteiger partial charge on any atom is 0.319 e. The molecule has 1 fully saturated rings. The molecular formula is C14H18N2O4. The van der Waals surface area contributed by atoms with Crippen LogP contribution in [0, 0.1) is 0 Å². The van der Waals surface area contributed by atoms with Gasteiger partial charge < -0.3 is 24.8 Å². The number of carbonyl (C=O) groups excluding carboxylic acids is 1. The van der Waals surface area contributed by atoms with Crippen LogP contribution in [0.1, 0.15) is 12.8 Å². The van der Waals surface area contributed by atoms with Crippen molar-refractivity contribution in [2.45, 2.75) is 18.9 Å². The molecule has 0 saturated carbocycles. The zero-order valence-corrected chi connectivity index (χ0v) is 11.2. The van der Waals surface area contributed by atoms with Crippen molar-refractivity contribution in [3.05, 3.63) is 18.2 Å². The van der Waals surface area contributed by atoms with E-state index >= 15 is 0 Å². The number of urea groups is 1. The number of ether oxygens (including phenoxy) is 3. The van der Waals surface area contributed by atoms with Crippen molar-refractivity contribution in [3.8, 4) is 11.5 Å². The summed E-state index contributed by atoms with van der Waals surface area (Å²) in [6.07, 6.45) is 2.19. The maximum absolute atomic E-state index is 11.9. The van der Waals surface area contributed by atoms with Gasteiger partial charge in [-0.15, -0.1) is 0 Å². The highest BCUT2D eigenvalue weighted by Crippen LogP contribution is 2.37. The first kappa shape index (κ1) is 13.1. The minimum Gasteiger partial charge on any atom is -0.486 e. The lowest BCUT2D eigenvalue weighted by atomic mass is 10.2. The fourth-order valence-electron chi connectivity index (χ4n) is 2.35. The molecule has 1 unspecified atom stereocenters. The van der Waals surface area contributed by atoms with E-state index < -0.39 is 0 Å². The van der Waals surface area contributed by atoms with Crippen molar-refractivity contribution >= 4 is 11.7 Å². The molecule has 2 heterocycles. The minimum atomic E-state index is -0.261. The summed E-state index contributed by atoms with van der Waals surface area (Å²) < 4.78 is 16.5. The molecule has 108 valence electrons. The number of rotatable bonds is 3. The molecular weight excluding hydrogens is 260 g/mol. The van der Waals surface area contributed by atoms with Gasteiger partial charge in [0.05, 0.1) is 11.8 Å². The van der Waals surface area contributed by atoms with Crippen LogP contribution in [0.5, 0.6) is 11.5 Å². The van der Waals surface area contributed by atoms with Crippen LogP contribution in [-0.2, 0) is 4.74 Å². The van der Waals surface area contributed by atoms with Gasteiger partial charge in [-0.2, -0.15) is 0 Å². The molecule has 20 heavy (non-hydrogen) atoms. The number of anilines is 1. The average Bonchev–Trinajstić information content (AvgIpc) is 2.99. The summed E-state index contributed by atoms with van der Waals surface area (Å²) in [6.45, 7) is 2.33. The van der Waals surface area contributed by atoms with Gasteiger partial charge in [0, 0.05) is 13.2 Å². The highest BCUT2D eigenvalue weighted by atomic mass is 16.6. The Labute approximate surface area is 117 Å². The molecule has 1 saturated heterocycles. The molecule has 0 bridgehead atoms. The number of para-hydroxylation sites is 1. The van der Waals surface area contributed by atoms with Crippen LogP contribution in [0.25, 0.3) is 0 Å². The molecule has 1 atom stereocenters. The van der Waals surface area contributed by atoms with Crippen LogP contribution in [0.4, 0.5) is 10.5 Å². The van der Waals surface area contributed by atoms with Gasteiger partial charge in [0.15, 0.2) is 11.5 Å². The molecule has 1 aromatic rings. The smallest absolute Gasteiger partial charge is 0.319 e. The maximum atomic E-state index is 11.9. The minimum absolute atomic E-state index is 0.130. The molecule has 0 spiro atoms. The monoisotopic (exact) mass is 278 g/mol. The second-order valence-corrected chi connectivity index (χ2v) is 4.80. The van der Waals surface area contributed by atoms with Crippen molar-refractivity contribution in [3.63, 3.8) is 0 Å². The third-order valence-electron chi connectivity index (χ3n) is 3.33. The van der Waals surface area contributed by atoms with Crippen molar-refractivity contribution in [2.24, 2.45) is 0 Å². The van der Waals surface area contributed by atoms with Crippen molar-refractivity contribution in [1.29, 1.82) is 0 Å². The van der Waals surface area contributed by atoms with Crippen molar-refractivity contribution in [1.82, 2.24) is 5.32 Å². The van der Waals surface area contributed by atoms with E-state index in [0.717, 1.165) is 19.4 Å². The molecule has 2 aliphatic heterocycles. The lowest BCUT2D eigenvalue weighted by Crippen LogP contribution is -2.35. The van der Waals surface area contributed by atoms with Gasteiger partial charge in [-0.05, 0) is 25.0 Å². The first-order valence-corrected chi connectivity index (χ1v) is 6.88. The normalized spacial score (nSPS) is 20.5. The van der Waals surface area contributed by atoms with Gasteiger partial charge in [-0.25, -0.2) is 4.79 Å². The first-order valence-electron chi connectivity index (χ1n) is 6.88. The molecule has 0 aromatic heterocycles.